The lowest BCUT2D eigenvalue weighted by molar-refractivity contribution is -0.142. The molecule has 1 rings (SSSR count). The third kappa shape index (κ3) is 9.57. The van der Waals surface area contributed by atoms with Crippen LogP contribution >= 0.6 is 0 Å². The van der Waals surface area contributed by atoms with E-state index in [0.717, 1.165) is 5.56 Å². The number of primary amides is 1. The molecule has 0 spiro atoms. The van der Waals surface area contributed by atoms with Crippen LogP contribution < -0.4 is 27.4 Å². The van der Waals surface area contributed by atoms with E-state index in [1.54, 1.807) is 6.92 Å². The van der Waals surface area contributed by atoms with Crippen LogP contribution in [0, 0.1) is 5.92 Å². The average molecular weight is 478 g/mol. The van der Waals surface area contributed by atoms with Crippen molar-refractivity contribution in [1.82, 2.24) is 16.0 Å². The van der Waals surface area contributed by atoms with Gasteiger partial charge in [-0.1, -0.05) is 50.6 Å². The van der Waals surface area contributed by atoms with Crippen molar-refractivity contribution < 1.29 is 29.1 Å². The number of carboxylic acids is 1. The Balaban J connectivity index is 2.95. The van der Waals surface area contributed by atoms with Crippen LogP contribution in [-0.4, -0.2) is 58.9 Å². The van der Waals surface area contributed by atoms with Gasteiger partial charge in [0.15, 0.2) is 0 Å². The molecule has 0 saturated heterocycles. The van der Waals surface area contributed by atoms with Gasteiger partial charge in [-0.25, -0.2) is 0 Å². The zero-order valence-corrected chi connectivity index (χ0v) is 19.7. The van der Waals surface area contributed by atoms with Gasteiger partial charge in [0.05, 0.1) is 6.04 Å². The number of benzene rings is 1. The molecule has 0 aliphatic carbocycles. The van der Waals surface area contributed by atoms with Crippen molar-refractivity contribution in [2.75, 3.05) is 0 Å². The second kappa shape index (κ2) is 13.9. The largest absolute Gasteiger partial charge is 0.480 e. The highest BCUT2D eigenvalue weighted by Crippen LogP contribution is 2.11. The Labute approximate surface area is 199 Å². The zero-order chi connectivity index (χ0) is 25.8. The quantitative estimate of drug-likeness (QED) is 0.206. The van der Waals surface area contributed by atoms with Crippen LogP contribution in [0.25, 0.3) is 0 Å². The summed E-state index contributed by atoms with van der Waals surface area (Å²) in [4.78, 5) is 60.6. The molecule has 5 atom stereocenters. The van der Waals surface area contributed by atoms with Crippen LogP contribution in [0.4, 0.5) is 0 Å². The first-order valence-corrected chi connectivity index (χ1v) is 11.2. The fourth-order valence-electron chi connectivity index (χ4n) is 3.12. The molecule has 0 radical (unpaired) electrons. The normalized spacial score (nSPS) is 15.2. The Bertz CT molecular complexity index is 863. The Hall–Kier alpha value is -3.47. The van der Waals surface area contributed by atoms with Crippen LogP contribution in [0.5, 0.6) is 0 Å². The summed E-state index contributed by atoms with van der Waals surface area (Å²) in [5.74, 6) is -4.20. The van der Waals surface area contributed by atoms with Gasteiger partial charge in [0, 0.05) is 6.42 Å². The molecular weight excluding hydrogens is 442 g/mol. The maximum atomic E-state index is 13.1. The number of carbonyl (C=O) groups excluding carboxylic acids is 4. The summed E-state index contributed by atoms with van der Waals surface area (Å²) in [6, 6.07) is 4.87. The van der Waals surface area contributed by atoms with Crippen LogP contribution in [0.3, 0.4) is 0 Å². The molecule has 11 heteroatoms. The molecule has 0 aromatic heterocycles. The Morgan fingerprint density at radius 1 is 0.941 bits per heavy atom. The van der Waals surface area contributed by atoms with E-state index >= 15 is 0 Å². The van der Waals surface area contributed by atoms with E-state index in [1.165, 1.54) is 6.92 Å². The molecule has 0 fully saturated rings. The van der Waals surface area contributed by atoms with Crippen molar-refractivity contribution in [1.29, 1.82) is 0 Å². The van der Waals surface area contributed by atoms with E-state index in [2.05, 4.69) is 16.0 Å². The van der Waals surface area contributed by atoms with Crippen LogP contribution in [0.1, 0.15) is 45.6 Å². The lowest BCUT2D eigenvalue weighted by atomic mass is 9.96. The molecule has 8 N–H and O–H groups in total. The number of carbonyl (C=O) groups is 5. The summed E-state index contributed by atoms with van der Waals surface area (Å²) in [6.45, 7) is 4.87. The Morgan fingerprint density at radius 3 is 2.09 bits per heavy atom. The third-order valence-electron chi connectivity index (χ3n) is 5.47. The lowest BCUT2D eigenvalue weighted by Gasteiger charge is -2.27. The smallest absolute Gasteiger partial charge is 0.325 e. The highest BCUT2D eigenvalue weighted by atomic mass is 16.4. The summed E-state index contributed by atoms with van der Waals surface area (Å²) in [7, 11) is 0. The van der Waals surface area contributed by atoms with E-state index in [-0.39, 0.29) is 25.2 Å². The number of hydrogen-bond acceptors (Lipinski definition) is 6. The van der Waals surface area contributed by atoms with Gasteiger partial charge in [-0.15, -0.1) is 0 Å². The van der Waals surface area contributed by atoms with Crippen LogP contribution in [-0.2, 0) is 30.4 Å². The molecule has 1 aromatic carbocycles. The molecular formula is C23H35N5O6. The molecule has 34 heavy (non-hydrogen) atoms. The summed E-state index contributed by atoms with van der Waals surface area (Å²) in [6.07, 6.45) is 0.481. The van der Waals surface area contributed by atoms with Crippen molar-refractivity contribution >= 4 is 29.6 Å². The maximum Gasteiger partial charge on any atom is 0.325 e. The predicted molar refractivity (Wildman–Crippen MR) is 125 cm³/mol. The fourth-order valence-corrected chi connectivity index (χ4v) is 3.12. The summed E-state index contributed by atoms with van der Waals surface area (Å²) >= 11 is 0. The molecule has 0 bridgehead atoms. The number of amides is 4. The molecule has 0 heterocycles. The minimum Gasteiger partial charge on any atom is -0.480 e. The number of nitrogens with one attached hydrogen (secondary N) is 3. The maximum absolute atomic E-state index is 13.1. The highest BCUT2D eigenvalue weighted by Gasteiger charge is 2.32. The van der Waals surface area contributed by atoms with Crippen molar-refractivity contribution in [3.63, 3.8) is 0 Å². The molecule has 1 aromatic rings. The number of hydrogen-bond donors (Lipinski definition) is 6. The van der Waals surface area contributed by atoms with Gasteiger partial charge >= 0.3 is 5.97 Å². The second-order valence-corrected chi connectivity index (χ2v) is 8.30. The van der Waals surface area contributed by atoms with Gasteiger partial charge in [-0.05, 0) is 31.2 Å². The van der Waals surface area contributed by atoms with Crippen molar-refractivity contribution in [3.8, 4) is 0 Å². The van der Waals surface area contributed by atoms with Crippen molar-refractivity contribution in [2.45, 2.75) is 70.6 Å². The summed E-state index contributed by atoms with van der Waals surface area (Å²) in [5.41, 5.74) is 12.1. The monoisotopic (exact) mass is 477 g/mol. The van der Waals surface area contributed by atoms with E-state index in [9.17, 15) is 24.0 Å². The topological polar surface area (TPSA) is 194 Å². The summed E-state index contributed by atoms with van der Waals surface area (Å²) < 4.78 is 0. The van der Waals surface area contributed by atoms with E-state index < -0.39 is 53.8 Å². The van der Waals surface area contributed by atoms with Gasteiger partial charge in [-0.2, -0.15) is 0 Å². The first kappa shape index (κ1) is 28.6. The third-order valence-corrected chi connectivity index (χ3v) is 5.47. The molecule has 0 aliphatic rings. The number of carboxylic acid groups (broad SMARTS) is 1. The second-order valence-electron chi connectivity index (χ2n) is 8.30. The van der Waals surface area contributed by atoms with Crippen molar-refractivity contribution in [2.24, 2.45) is 17.4 Å². The minimum atomic E-state index is -1.26. The number of rotatable bonds is 14. The van der Waals surface area contributed by atoms with E-state index in [4.69, 9.17) is 16.6 Å². The fraction of sp³-hybridized carbons (Fsp3) is 0.522. The van der Waals surface area contributed by atoms with E-state index in [1.807, 2.05) is 37.3 Å². The first-order valence-electron chi connectivity index (χ1n) is 11.2. The van der Waals surface area contributed by atoms with Gasteiger partial charge in [-0.3, -0.25) is 24.0 Å². The van der Waals surface area contributed by atoms with Crippen LogP contribution in [0.2, 0.25) is 0 Å². The van der Waals surface area contributed by atoms with E-state index in [0.29, 0.717) is 6.42 Å². The molecule has 188 valence electrons. The average Bonchev–Trinajstić information content (AvgIpc) is 2.79. The van der Waals surface area contributed by atoms with Gasteiger partial charge in [0.2, 0.25) is 23.6 Å². The van der Waals surface area contributed by atoms with Gasteiger partial charge in [0.1, 0.15) is 18.1 Å². The molecule has 5 unspecified atom stereocenters. The molecule has 0 aliphatic heterocycles. The van der Waals surface area contributed by atoms with Crippen LogP contribution in [0.15, 0.2) is 30.3 Å². The minimum absolute atomic E-state index is 0.131. The van der Waals surface area contributed by atoms with Gasteiger partial charge in [0.25, 0.3) is 0 Å². The Morgan fingerprint density at radius 2 is 1.56 bits per heavy atom. The van der Waals surface area contributed by atoms with Gasteiger partial charge < -0.3 is 32.5 Å². The van der Waals surface area contributed by atoms with Crippen molar-refractivity contribution in [3.05, 3.63) is 35.9 Å². The number of aliphatic carboxylic acids is 1. The predicted octanol–water partition coefficient (Wildman–Crippen LogP) is -0.573. The lowest BCUT2D eigenvalue weighted by Crippen LogP contribution is -2.58. The summed E-state index contributed by atoms with van der Waals surface area (Å²) in [5, 5.41) is 16.5. The molecule has 11 nitrogen and oxygen atoms in total. The number of nitrogens with two attached hydrogens (primary N) is 2. The standard InChI is InChI=1S/C23H35N5O6/c1-4-13(2)19(28-20(30)16(24)12-15-8-6-5-7-9-15)22(32)27-17(10-11-18(25)29)21(31)26-14(3)23(33)34/h5-9,13-14,16-17,19H,4,10-12,24H2,1-3H3,(H2,25,29)(H,26,31)(H,27,32)(H,28,30)(H,33,34). The first-order chi connectivity index (χ1) is 16.0. The SMILES string of the molecule is CCC(C)C(NC(=O)C(N)Cc1ccccc1)C(=O)NC(CCC(N)=O)C(=O)NC(C)C(=O)O. The molecule has 0 saturated carbocycles. The Kier molecular flexibility index (Phi) is 11.7. The highest BCUT2D eigenvalue weighted by molar-refractivity contribution is 5.94. The molecule has 4 amide bonds. The zero-order valence-electron chi connectivity index (χ0n) is 19.7.